The molecule has 0 bridgehead atoms. The molecule has 0 rings (SSSR count). The zero-order valence-electron chi connectivity index (χ0n) is 13.2. The molecule has 4 nitrogen and oxygen atoms in total. The van der Waals surface area contributed by atoms with Gasteiger partial charge in [-0.25, -0.2) is 4.57 Å². The van der Waals surface area contributed by atoms with Crippen molar-refractivity contribution >= 4 is 7.82 Å². The molecule has 20 heavy (non-hydrogen) atoms. The minimum Gasteiger partial charge on any atom is -0.303 e. The molecule has 0 aliphatic carbocycles. The van der Waals surface area contributed by atoms with Crippen LogP contribution in [0.1, 0.15) is 84.5 Å². The second kappa shape index (κ2) is 12.8. The monoisotopic (exact) mass is 308 g/mol. The van der Waals surface area contributed by atoms with Crippen molar-refractivity contribution < 1.29 is 18.9 Å². The van der Waals surface area contributed by atoms with Gasteiger partial charge in [-0.2, -0.15) is 0 Å². The molecule has 1 unspecified atom stereocenters. The normalized spacial score (nSPS) is 13.6. The SMILES string of the molecule is CCCCCCCCCC(CCCC)COP(=O)(O)O. The van der Waals surface area contributed by atoms with Gasteiger partial charge in [-0.1, -0.05) is 71.6 Å². The lowest BCUT2D eigenvalue weighted by molar-refractivity contribution is 0.157. The summed E-state index contributed by atoms with van der Waals surface area (Å²) >= 11 is 0. The van der Waals surface area contributed by atoms with E-state index in [4.69, 9.17) is 9.79 Å². The van der Waals surface area contributed by atoms with Crippen LogP contribution in [0.15, 0.2) is 0 Å². The lowest BCUT2D eigenvalue weighted by Gasteiger charge is -2.17. The summed E-state index contributed by atoms with van der Waals surface area (Å²) in [5, 5.41) is 0. The standard InChI is InChI=1S/C15H33O4P/c1-3-5-7-8-9-10-11-13-15(12-6-4-2)14-19-20(16,17)18/h15H,3-14H2,1-2H3,(H2,16,17,18). The quantitative estimate of drug-likeness (QED) is 0.348. The number of unbranched alkanes of at least 4 members (excludes halogenated alkanes) is 7. The summed E-state index contributed by atoms with van der Waals surface area (Å²) in [5.74, 6) is 0.290. The van der Waals surface area contributed by atoms with Crippen LogP contribution in [0, 0.1) is 5.92 Å². The molecule has 5 heteroatoms. The van der Waals surface area contributed by atoms with Crippen molar-refractivity contribution in [3.8, 4) is 0 Å². The van der Waals surface area contributed by atoms with Gasteiger partial charge in [0.15, 0.2) is 0 Å². The molecule has 0 aromatic carbocycles. The summed E-state index contributed by atoms with van der Waals surface area (Å²) in [7, 11) is -4.31. The van der Waals surface area contributed by atoms with Gasteiger partial charge in [-0.3, -0.25) is 4.52 Å². The van der Waals surface area contributed by atoms with Gasteiger partial charge in [0.2, 0.25) is 0 Å². The average molecular weight is 308 g/mol. The van der Waals surface area contributed by atoms with Crippen molar-refractivity contribution in [2.24, 2.45) is 5.92 Å². The summed E-state index contributed by atoms with van der Waals surface area (Å²) in [6.45, 7) is 4.55. The third-order valence-electron chi connectivity index (χ3n) is 3.66. The third kappa shape index (κ3) is 14.5. The zero-order valence-corrected chi connectivity index (χ0v) is 14.1. The highest BCUT2D eigenvalue weighted by Gasteiger charge is 2.17. The Morgan fingerprint density at radius 1 is 0.850 bits per heavy atom. The molecule has 0 aromatic rings. The zero-order chi connectivity index (χ0) is 15.3. The Morgan fingerprint density at radius 3 is 1.90 bits per heavy atom. The Hall–Kier alpha value is 0.110. The van der Waals surface area contributed by atoms with E-state index in [9.17, 15) is 4.57 Å². The molecule has 0 aromatic heterocycles. The third-order valence-corrected chi connectivity index (χ3v) is 4.15. The minimum absolute atomic E-state index is 0.195. The lowest BCUT2D eigenvalue weighted by Crippen LogP contribution is -2.09. The van der Waals surface area contributed by atoms with Gasteiger partial charge >= 0.3 is 7.82 Å². The van der Waals surface area contributed by atoms with E-state index in [1.165, 1.54) is 38.5 Å². The maximum absolute atomic E-state index is 10.8. The van der Waals surface area contributed by atoms with Gasteiger partial charge in [0.05, 0.1) is 6.61 Å². The topological polar surface area (TPSA) is 66.8 Å². The first kappa shape index (κ1) is 20.1. The lowest BCUT2D eigenvalue weighted by atomic mass is 9.96. The molecule has 0 radical (unpaired) electrons. The van der Waals surface area contributed by atoms with Crippen LogP contribution in [0.5, 0.6) is 0 Å². The summed E-state index contributed by atoms with van der Waals surface area (Å²) < 4.78 is 15.4. The molecule has 1 atom stereocenters. The molecule has 2 N–H and O–H groups in total. The van der Waals surface area contributed by atoms with Gasteiger partial charge in [0.25, 0.3) is 0 Å². The first-order chi connectivity index (χ1) is 9.49. The van der Waals surface area contributed by atoms with Crippen LogP contribution in [0.4, 0.5) is 0 Å². The van der Waals surface area contributed by atoms with Crippen molar-refractivity contribution in [1.29, 1.82) is 0 Å². The summed E-state index contributed by atoms with van der Waals surface area (Å²) in [6.07, 6.45) is 13.1. The van der Waals surface area contributed by atoms with E-state index in [0.29, 0.717) is 5.92 Å². The fourth-order valence-electron chi connectivity index (χ4n) is 2.40. The Labute approximate surface area is 124 Å². The maximum Gasteiger partial charge on any atom is 0.469 e. The molecule has 0 amide bonds. The largest absolute Gasteiger partial charge is 0.469 e. The van der Waals surface area contributed by atoms with E-state index in [2.05, 4.69) is 18.4 Å². The van der Waals surface area contributed by atoms with Gasteiger partial charge in [0, 0.05) is 0 Å². The van der Waals surface area contributed by atoms with Gasteiger partial charge < -0.3 is 9.79 Å². The van der Waals surface area contributed by atoms with E-state index < -0.39 is 7.82 Å². The first-order valence-corrected chi connectivity index (χ1v) is 9.72. The number of phosphoric ester groups is 1. The molecule has 122 valence electrons. The minimum atomic E-state index is -4.31. The molecule has 0 fully saturated rings. The van der Waals surface area contributed by atoms with E-state index in [0.717, 1.165) is 32.1 Å². The van der Waals surface area contributed by atoms with Gasteiger partial charge in [0.1, 0.15) is 0 Å². The Kier molecular flexibility index (Phi) is 12.9. The highest BCUT2D eigenvalue weighted by Crippen LogP contribution is 2.37. The molecular weight excluding hydrogens is 275 g/mol. The van der Waals surface area contributed by atoms with Crippen LogP contribution < -0.4 is 0 Å². The van der Waals surface area contributed by atoms with E-state index in [1.807, 2.05) is 0 Å². The molecule has 0 saturated carbocycles. The Bertz CT molecular complexity index is 252. The first-order valence-electron chi connectivity index (χ1n) is 8.19. The second-order valence-electron chi connectivity index (χ2n) is 5.70. The maximum atomic E-state index is 10.8. The molecule has 0 spiro atoms. The van der Waals surface area contributed by atoms with E-state index >= 15 is 0 Å². The van der Waals surface area contributed by atoms with Gasteiger partial charge in [-0.05, 0) is 18.8 Å². The van der Waals surface area contributed by atoms with Crippen molar-refractivity contribution in [3.63, 3.8) is 0 Å². The predicted octanol–water partition coefficient (Wildman–Crippen LogP) is 5.04. The molecular formula is C15H33O4P. The van der Waals surface area contributed by atoms with Crippen molar-refractivity contribution in [2.45, 2.75) is 84.5 Å². The van der Waals surface area contributed by atoms with Crippen LogP contribution in [-0.4, -0.2) is 16.4 Å². The predicted molar refractivity (Wildman–Crippen MR) is 83.6 cm³/mol. The molecule has 0 aliphatic rings. The molecule has 0 aliphatic heterocycles. The summed E-state index contributed by atoms with van der Waals surface area (Å²) in [5.41, 5.74) is 0. The number of phosphoric acid groups is 1. The Balaban J connectivity index is 3.72. The number of rotatable bonds is 14. The highest BCUT2D eigenvalue weighted by atomic mass is 31.2. The smallest absolute Gasteiger partial charge is 0.303 e. The second-order valence-corrected chi connectivity index (χ2v) is 6.94. The van der Waals surface area contributed by atoms with Crippen LogP contribution in [0.3, 0.4) is 0 Å². The number of hydrogen-bond donors (Lipinski definition) is 2. The van der Waals surface area contributed by atoms with Crippen molar-refractivity contribution in [3.05, 3.63) is 0 Å². The highest BCUT2D eigenvalue weighted by molar-refractivity contribution is 7.46. The van der Waals surface area contributed by atoms with Crippen LogP contribution in [-0.2, 0) is 9.09 Å². The fraction of sp³-hybridized carbons (Fsp3) is 1.00. The summed E-state index contributed by atoms with van der Waals surface area (Å²) in [6, 6.07) is 0. The number of hydrogen-bond acceptors (Lipinski definition) is 2. The summed E-state index contributed by atoms with van der Waals surface area (Å²) in [4.78, 5) is 17.5. The van der Waals surface area contributed by atoms with Crippen LogP contribution in [0.2, 0.25) is 0 Å². The Morgan fingerprint density at radius 2 is 1.35 bits per heavy atom. The van der Waals surface area contributed by atoms with Gasteiger partial charge in [-0.15, -0.1) is 0 Å². The average Bonchev–Trinajstić information content (AvgIpc) is 2.39. The molecule has 0 heterocycles. The van der Waals surface area contributed by atoms with Crippen LogP contribution in [0.25, 0.3) is 0 Å². The van der Waals surface area contributed by atoms with Crippen molar-refractivity contribution in [2.75, 3.05) is 6.61 Å². The van der Waals surface area contributed by atoms with E-state index in [-0.39, 0.29) is 6.61 Å². The molecule has 0 saturated heterocycles. The van der Waals surface area contributed by atoms with Crippen molar-refractivity contribution in [1.82, 2.24) is 0 Å². The van der Waals surface area contributed by atoms with E-state index in [1.54, 1.807) is 0 Å². The fourth-order valence-corrected chi connectivity index (χ4v) is 2.80. The van der Waals surface area contributed by atoms with Crippen LogP contribution >= 0.6 is 7.82 Å².